The number of ether oxygens (including phenoxy) is 1. The Morgan fingerprint density at radius 1 is 1.13 bits per heavy atom. The summed E-state index contributed by atoms with van der Waals surface area (Å²) in [5, 5.41) is 5.55. The van der Waals surface area contributed by atoms with Crippen LogP contribution in [0.1, 0.15) is 27.2 Å². The number of nitrogens with one attached hydrogen (secondary N) is 2. The minimum absolute atomic E-state index is 0.0370. The summed E-state index contributed by atoms with van der Waals surface area (Å²) >= 11 is 0. The average Bonchev–Trinajstić information content (AvgIpc) is 2.72. The third kappa shape index (κ3) is 5.44. The monoisotopic (exact) mass is 432 g/mol. The van der Waals surface area contributed by atoms with Crippen molar-refractivity contribution in [1.82, 2.24) is 0 Å². The van der Waals surface area contributed by atoms with Gasteiger partial charge in [-0.15, -0.1) is 0 Å². The molecule has 0 aliphatic heterocycles. The fourth-order valence-corrected chi connectivity index (χ4v) is 2.79. The molecule has 2 aromatic carbocycles. The molecular formula is C22H19F3N2O4. The van der Waals surface area contributed by atoms with Gasteiger partial charge in [0.05, 0.1) is 19.2 Å². The van der Waals surface area contributed by atoms with E-state index in [4.69, 9.17) is 9.15 Å². The maximum atomic E-state index is 12.9. The Hall–Kier alpha value is -3.75. The van der Waals surface area contributed by atoms with Gasteiger partial charge in [0.15, 0.2) is 0 Å². The van der Waals surface area contributed by atoms with E-state index in [9.17, 15) is 22.8 Å². The van der Waals surface area contributed by atoms with Crippen LogP contribution in [0.25, 0.3) is 0 Å². The minimum atomic E-state index is -4.50. The molecule has 2 N–H and O–H groups in total. The Kier molecular flexibility index (Phi) is 6.33. The second kappa shape index (κ2) is 8.95. The number of benzene rings is 2. The highest BCUT2D eigenvalue weighted by molar-refractivity contribution is 6.05. The number of hydrogen-bond acceptors (Lipinski definition) is 5. The number of amides is 1. The van der Waals surface area contributed by atoms with Crippen LogP contribution in [0.4, 0.5) is 24.5 Å². The summed E-state index contributed by atoms with van der Waals surface area (Å²) in [7, 11) is 1.36. The number of carbonyl (C=O) groups excluding carboxylic acids is 1. The molecule has 3 aromatic rings. The van der Waals surface area contributed by atoms with Crippen molar-refractivity contribution >= 4 is 17.3 Å². The number of carbonyl (C=O) groups is 1. The molecule has 0 atom stereocenters. The van der Waals surface area contributed by atoms with E-state index in [2.05, 4.69) is 10.6 Å². The number of alkyl halides is 3. The molecule has 0 spiro atoms. The van der Waals surface area contributed by atoms with E-state index in [1.54, 1.807) is 18.2 Å². The minimum Gasteiger partial charge on any atom is -0.490 e. The molecule has 0 unspecified atom stereocenters. The molecular weight excluding hydrogens is 413 g/mol. The topological polar surface area (TPSA) is 80.6 Å². The number of anilines is 2. The fourth-order valence-electron chi connectivity index (χ4n) is 2.79. The Bertz CT molecular complexity index is 1160. The Morgan fingerprint density at radius 2 is 1.90 bits per heavy atom. The predicted octanol–water partition coefficient (Wildman–Crippen LogP) is 4.84. The van der Waals surface area contributed by atoms with Crippen LogP contribution in [0.15, 0.2) is 64.0 Å². The van der Waals surface area contributed by atoms with Crippen molar-refractivity contribution in [2.75, 3.05) is 17.7 Å². The van der Waals surface area contributed by atoms with E-state index in [-0.39, 0.29) is 29.0 Å². The van der Waals surface area contributed by atoms with Crippen molar-refractivity contribution in [2.45, 2.75) is 19.6 Å². The number of aryl methyl sites for hydroxylation is 1. The summed E-state index contributed by atoms with van der Waals surface area (Å²) in [6, 6.07) is 10.5. The molecule has 3 rings (SSSR count). The quantitative estimate of drug-likeness (QED) is 0.583. The van der Waals surface area contributed by atoms with E-state index in [1.165, 1.54) is 31.6 Å². The first kappa shape index (κ1) is 21.9. The second-order valence-electron chi connectivity index (χ2n) is 6.69. The molecule has 0 saturated carbocycles. The zero-order valence-corrected chi connectivity index (χ0v) is 16.7. The predicted molar refractivity (Wildman–Crippen MR) is 109 cm³/mol. The lowest BCUT2D eigenvalue weighted by molar-refractivity contribution is -0.137. The molecule has 0 aliphatic rings. The molecule has 0 saturated heterocycles. The molecule has 0 radical (unpaired) electrons. The van der Waals surface area contributed by atoms with Crippen molar-refractivity contribution in [3.05, 3.63) is 87.5 Å². The van der Waals surface area contributed by atoms with Crippen LogP contribution in [-0.2, 0) is 12.7 Å². The van der Waals surface area contributed by atoms with Gasteiger partial charge in [0.25, 0.3) is 5.91 Å². The molecule has 1 aromatic heterocycles. The van der Waals surface area contributed by atoms with Gasteiger partial charge in [-0.25, -0.2) is 0 Å². The number of hydrogen-bond donors (Lipinski definition) is 2. The van der Waals surface area contributed by atoms with E-state index in [0.717, 1.165) is 17.7 Å². The zero-order valence-electron chi connectivity index (χ0n) is 16.7. The van der Waals surface area contributed by atoms with Crippen molar-refractivity contribution in [3.63, 3.8) is 0 Å². The smallest absolute Gasteiger partial charge is 0.416 e. The number of halogens is 3. The van der Waals surface area contributed by atoms with E-state index >= 15 is 0 Å². The van der Waals surface area contributed by atoms with Gasteiger partial charge in [0.2, 0.25) is 11.2 Å². The van der Waals surface area contributed by atoms with Crippen LogP contribution in [-0.4, -0.2) is 13.0 Å². The Labute approximate surface area is 175 Å². The summed E-state index contributed by atoms with van der Waals surface area (Å²) in [4.78, 5) is 24.4. The molecule has 1 amide bonds. The molecule has 9 heteroatoms. The van der Waals surface area contributed by atoms with Crippen molar-refractivity contribution in [3.8, 4) is 5.75 Å². The third-order valence-electron chi connectivity index (χ3n) is 4.47. The molecule has 0 aliphatic carbocycles. The first-order valence-corrected chi connectivity index (χ1v) is 9.16. The van der Waals surface area contributed by atoms with Gasteiger partial charge in [-0.3, -0.25) is 9.59 Å². The van der Waals surface area contributed by atoms with Crippen LogP contribution < -0.4 is 20.8 Å². The molecule has 0 fully saturated rings. The van der Waals surface area contributed by atoms with Gasteiger partial charge in [-0.1, -0.05) is 12.1 Å². The average molecular weight is 432 g/mol. The Morgan fingerprint density at radius 3 is 2.58 bits per heavy atom. The SMILES string of the molecule is COc1coc(CNc2cc(C(=O)Nc3cccc(C(F)(F)F)c3)ccc2C)cc1=O. The molecule has 6 nitrogen and oxygen atoms in total. The van der Waals surface area contributed by atoms with Crippen molar-refractivity contribution in [1.29, 1.82) is 0 Å². The van der Waals surface area contributed by atoms with Gasteiger partial charge in [-0.05, 0) is 42.8 Å². The highest BCUT2D eigenvalue weighted by atomic mass is 19.4. The maximum Gasteiger partial charge on any atom is 0.416 e. The van der Waals surface area contributed by atoms with Crippen LogP contribution in [0.3, 0.4) is 0 Å². The first-order chi connectivity index (χ1) is 14.7. The van der Waals surface area contributed by atoms with Crippen LogP contribution in [0.5, 0.6) is 5.75 Å². The number of methoxy groups -OCH3 is 1. The Balaban J connectivity index is 1.74. The molecule has 1 heterocycles. The van der Waals surface area contributed by atoms with Crippen molar-refractivity contribution < 1.29 is 27.1 Å². The van der Waals surface area contributed by atoms with Gasteiger partial charge in [0, 0.05) is 23.0 Å². The third-order valence-corrected chi connectivity index (χ3v) is 4.47. The normalized spacial score (nSPS) is 11.1. The van der Waals surface area contributed by atoms with E-state index < -0.39 is 17.6 Å². The van der Waals surface area contributed by atoms with Crippen molar-refractivity contribution in [2.24, 2.45) is 0 Å². The fraction of sp³-hybridized carbons (Fsp3) is 0.182. The summed E-state index contributed by atoms with van der Waals surface area (Å²) in [5.41, 5.74) is 0.548. The maximum absolute atomic E-state index is 12.9. The van der Waals surface area contributed by atoms with Gasteiger partial charge in [-0.2, -0.15) is 13.2 Å². The lowest BCUT2D eigenvalue weighted by Crippen LogP contribution is -2.14. The highest BCUT2D eigenvalue weighted by Gasteiger charge is 2.30. The first-order valence-electron chi connectivity index (χ1n) is 9.16. The highest BCUT2D eigenvalue weighted by Crippen LogP contribution is 2.30. The van der Waals surface area contributed by atoms with Crippen LogP contribution in [0.2, 0.25) is 0 Å². The lowest BCUT2D eigenvalue weighted by Gasteiger charge is -2.13. The zero-order chi connectivity index (χ0) is 22.6. The van der Waals surface area contributed by atoms with Crippen LogP contribution >= 0.6 is 0 Å². The van der Waals surface area contributed by atoms with Crippen LogP contribution in [0, 0.1) is 6.92 Å². The molecule has 162 valence electrons. The summed E-state index contributed by atoms with van der Waals surface area (Å²) < 4.78 is 48.8. The lowest BCUT2D eigenvalue weighted by atomic mass is 10.1. The molecule has 31 heavy (non-hydrogen) atoms. The number of rotatable bonds is 6. The largest absolute Gasteiger partial charge is 0.490 e. The summed E-state index contributed by atoms with van der Waals surface area (Å²) in [6.45, 7) is 2.00. The second-order valence-corrected chi connectivity index (χ2v) is 6.69. The summed E-state index contributed by atoms with van der Waals surface area (Å²) in [6.07, 6.45) is -3.29. The van der Waals surface area contributed by atoms with E-state index in [1.807, 2.05) is 6.92 Å². The summed E-state index contributed by atoms with van der Waals surface area (Å²) in [5.74, 6) is -0.101. The van der Waals surface area contributed by atoms with Gasteiger partial charge in [0.1, 0.15) is 12.0 Å². The van der Waals surface area contributed by atoms with Gasteiger partial charge >= 0.3 is 6.18 Å². The van der Waals surface area contributed by atoms with E-state index in [0.29, 0.717) is 11.4 Å². The molecule has 0 bridgehead atoms. The van der Waals surface area contributed by atoms with Gasteiger partial charge < -0.3 is 19.8 Å². The standard InChI is InChI=1S/C22H19F3N2O4/c1-13-6-7-14(21(29)27-16-5-3-4-15(9-16)22(23,24)25)8-18(13)26-11-17-10-19(28)20(30-2)12-31-17/h3-10,12,26H,11H2,1-2H3,(H,27,29).